The predicted octanol–water partition coefficient (Wildman–Crippen LogP) is 5.04. The Morgan fingerprint density at radius 2 is 1.41 bits per heavy atom. The minimum absolute atomic E-state index is 0.206. The lowest BCUT2D eigenvalue weighted by atomic mass is 9.92. The van der Waals surface area contributed by atoms with E-state index < -0.39 is 12.1 Å². The van der Waals surface area contributed by atoms with E-state index >= 15 is 0 Å². The van der Waals surface area contributed by atoms with E-state index in [0.717, 1.165) is 16.8 Å². The largest absolute Gasteiger partial charge is 0.479 e. The van der Waals surface area contributed by atoms with Gasteiger partial charge in [-0.25, -0.2) is 4.79 Å². The van der Waals surface area contributed by atoms with Crippen molar-refractivity contribution >= 4 is 17.6 Å². The summed E-state index contributed by atoms with van der Waals surface area (Å²) >= 11 is 0. The molecule has 1 amide bonds. The third-order valence-corrected chi connectivity index (χ3v) is 4.39. The molecule has 0 aliphatic rings. The van der Waals surface area contributed by atoms with Gasteiger partial charge in [0.2, 0.25) is 0 Å². The van der Waals surface area contributed by atoms with E-state index in [0.29, 0.717) is 11.3 Å². The topological polar surface area (TPSA) is 75.6 Å². The second kappa shape index (κ2) is 8.71. The highest BCUT2D eigenvalue weighted by molar-refractivity contribution is 6.05. The molecule has 27 heavy (non-hydrogen) atoms. The van der Waals surface area contributed by atoms with Gasteiger partial charge in [0.1, 0.15) is 5.75 Å². The molecule has 0 radical (unpaired) electrons. The van der Waals surface area contributed by atoms with Crippen LogP contribution >= 0.6 is 0 Å². The van der Waals surface area contributed by atoms with Crippen molar-refractivity contribution in [3.63, 3.8) is 0 Å². The summed E-state index contributed by atoms with van der Waals surface area (Å²) in [7, 11) is 0. The SMILES string of the molecule is CC(Oc1ccc(C(=O)Nc2c(C(C)C)cccc2C(C)C)cc1)C(=O)O. The molecule has 2 N–H and O–H groups in total. The van der Waals surface area contributed by atoms with Gasteiger partial charge in [-0.2, -0.15) is 0 Å². The summed E-state index contributed by atoms with van der Waals surface area (Å²) in [4.78, 5) is 23.6. The molecule has 5 heteroatoms. The van der Waals surface area contributed by atoms with E-state index in [1.807, 2.05) is 18.2 Å². The number of anilines is 1. The summed E-state index contributed by atoms with van der Waals surface area (Å²) in [6.07, 6.45) is -0.948. The molecule has 2 rings (SSSR count). The van der Waals surface area contributed by atoms with Crippen LogP contribution in [0.3, 0.4) is 0 Å². The Bertz CT molecular complexity index is 783. The Morgan fingerprint density at radius 1 is 0.889 bits per heavy atom. The minimum atomic E-state index is -1.04. The number of benzene rings is 2. The first-order valence-corrected chi connectivity index (χ1v) is 9.14. The van der Waals surface area contributed by atoms with Crippen LogP contribution in [0.2, 0.25) is 0 Å². The number of carbonyl (C=O) groups is 2. The van der Waals surface area contributed by atoms with Gasteiger partial charge in [-0.3, -0.25) is 4.79 Å². The molecule has 0 aliphatic heterocycles. The van der Waals surface area contributed by atoms with Crippen LogP contribution in [0.15, 0.2) is 42.5 Å². The van der Waals surface area contributed by atoms with Crippen LogP contribution in [0.1, 0.15) is 67.9 Å². The van der Waals surface area contributed by atoms with Gasteiger partial charge in [0.05, 0.1) is 0 Å². The van der Waals surface area contributed by atoms with Crippen molar-refractivity contribution in [3.05, 3.63) is 59.2 Å². The molecule has 0 fully saturated rings. The monoisotopic (exact) mass is 369 g/mol. The molecular weight excluding hydrogens is 342 g/mol. The van der Waals surface area contributed by atoms with Crippen molar-refractivity contribution in [1.29, 1.82) is 0 Å². The van der Waals surface area contributed by atoms with Crippen molar-refractivity contribution in [1.82, 2.24) is 0 Å². The molecule has 2 aromatic carbocycles. The van der Waals surface area contributed by atoms with Gasteiger partial charge in [0.15, 0.2) is 6.10 Å². The number of nitrogens with one attached hydrogen (secondary N) is 1. The first-order valence-electron chi connectivity index (χ1n) is 9.14. The number of ether oxygens (including phenoxy) is 1. The number of carboxylic acid groups (broad SMARTS) is 1. The van der Waals surface area contributed by atoms with Gasteiger partial charge in [0, 0.05) is 11.3 Å². The van der Waals surface area contributed by atoms with Gasteiger partial charge in [-0.15, -0.1) is 0 Å². The van der Waals surface area contributed by atoms with E-state index in [1.165, 1.54) is 6.92 Å². The first-order chi connectivity index (χ1) is 12.7. The van der Waals surface area contributed by atoms with Crippen LogP contribution < -0.4 is 10.1 Å². The Balaban J connectivity index is 2.24. The number of hydrogen-bond donors (Lipinski definition) is 2. The fourth-order valence-corrected chi connectivity index (χ4v) is 2.82. The number of para-hydroxylation sites is 1. The van der Waals surface area contributed by atoms with Crippen LogP contribution in [-0.4, -0.2) is 23.1 Å². The van der Waals surface area contributed by atoms with Crippen molar-refractivity contribution in [3.8, 4) is 5.75 Å². The average molecular weight is 369 g/mol. The highest BCUT2D eigenvalue weighted by Gasteiger charge is 2.17. The number of hydrogen-bond acceptors (Lipinski definition) is 3. The zero-order valence-electron chi connectivity index (χ0n) is 16.4. The summed E-state index contributed by atoms with van der Waals surface area (Å²) in [5.74, 6) is -0.266. The summed E-state index contributed by atoms with van der Waals surface area (Å²) in [5, 5.41) is 12.0. The van der Waals surface area contributed by atoms with E-state index in [2.05, 4.69) is 33.0 Å². The fraction of sp³-hybridized carbons (Fsp3) is 0.364. The maximum absolute atomic E-state index is 12.8. The van der Waals surface area contributed by atoms with Crippen LogP contribution in [0.4, 0.5) is 5.69 Å². The fourth-order valence-electron chi connectivity index (χ4n) is 2.82. The van der Waals surface area contributed by atoms with Gasteiger partial charge in [0.25, 0.3) is 5.91 Å². The average Bonchev–Trinajstić information content (AvgIpc) is 2.61. The lowest BCUT2D eigenvalue weighted by Crippen LogP contribution is -2.22. The van der Waals surface area contributed by atoms with Crippen LogP contribution in [0.5, 0.6) is 5.75 Å². The highest BCUT2D eigenvalue weighted by atomic mass is 16.5. The molecule has 0 aromatic heterocycles. The Kier molecular flexibility index (Phi) is 6.61. The van der Waals surface area contributed by atoms with E-state index in [4.69, 9.17) is 9.84 Å². The number of amides is 1. The van der Waals surface area contributed by atoms with E-state index in [9.17, 15) is 9.59 Å². The smallest absolute Gasteiger partial charge is 0.344 e. The molecule has 5 nitrogen and oxygen atoms in total. The normalized spacial score (nSPS) is 12.1. The van der Waals surface area contributed by atoms with Gasteiger partial charge in [-0.1, -0.05) is 45.9 Å². The Hall–Kier alpha value is -2.82. The van der Waals surface area contributed by atoms with Gasteiger partial charge in [-0.05, 0) is 54.2 Å². The zero-order valence-corrected chi connectivity index (χ0v) is 16.4. The Morgan fingerprint density at radius 3 is 1.85 bits per heavy atom. The summed E-state index contributed by atoms with van der Waals surface area (Å²) < 4.78 is 5.30. The van der Waals surface area contributed by atoms with Crippen molar-refractivity contribution in [2.45, 2.75) is 52.6 Å². The van der Waals surface area contributed by atoms with Crippen molar-refractivity contribution in [2.24, 2.45) is 0 Å². The molecule has 0 saturated carbocycles. The molecular formula is C22H27NO4. The molecule has 0 spiro atoms. The summed E-state index contributed by atoms with van der Waals surface area (Å²) in [5.41, 5.74) is 3.56. The number of carboxylic acids is 1. The highest BCUT2D eigenvalue weighted by Crippen LogP contribution is 2.32. The van der Waals surface area contributed by atoms with E-state index in [1.54, 1.807) is 24.3 Å². The predicted molar refractivity (Wildman–Crippen MR) is 107 cm³/mol. The van der Waals surface area contributed by atoms with Crippen molar-refractivity contribution < 1.29 is 19.4 Å². The zero-order chi connectivity index (χ0) is 20.1. The van der Waals surface area contributed by atoms with Crippen LogP contribution in [-0.2, 0) is 4.79 Å². The molecule has 0 saturated heterocycles. The van der Waals surface area contributed by atoms with Gasteiger partial charge < -0.3 is 15.2 Å². The Labute approximate surface area is 160 Å². The third-order valence-electron chi connectivity index (χ3n) is 4.39. The molecule has 0 heterocycles. The molecule has 2 aromatic rings. The first kappa shape index (κ1) is 20.5. The molecule has 1 atom stereocenters. The lowest BCUT2D eigenvalue weighted by molar-refractivity contribution is -0.144. The van der Waals surface area contributed by atoms with Crippen LogP contribution in [0.25, 0.3) is 0 Å². The maximum Gasteiger partial charge on any atom is 0.344 e. The molecule has 0 aliphatic carbocycles. The second-order valence-corrected chi connectivity index (χ2v) is 7.20. The van der Waals surface area contributed by atoms with E-state index in [-0.39, 0.29) is 17.7 Å². The maximum atomic E-state index is 12.8. The quantitative estimate of drug-likeness (QED) is 0.717. The standard InChI is InChI=1S/C22H27NO4/c1-13(2)18-7-6-8-19(14(3)4)20(18)23-21(24)16-9-11-17(12-10-16)27-15(5)22(25)26/h6-15H,1-5H3,(H,23,24)(H,25,26). The van der Waals surface area contributed by atoms with Crippen molar-refractivity contribution in [2.75, 3.05) is 5.32 Å². The molecule has 0 bridgehead atoms. The minimum Gasteiger partial charge on any atom is -0.479 e. The number of carbonyl (C=O) groups excluding carboxylic acids is 1. The molecule has 1 unspecified atom stereocenters. The third kappa shape index (κ3) is 5.09. The second-order valence-electron chi connectivity index (χ2n) is 7.20. The molecule has 144 valence electrons. The van der Waals surface area contributed by atoms with Gasteiger partial charge >= 0.3 is 5.97 Å². The van der Waals surface area contributed by atoms with Crippen LogP contribution in [0, 0.1) is 0 Å². The summed E-state index contributed by atoms with van der Waals surface area (Å²) in [6.45, 7) is 9.87. The lowest BCUT2D eigenvalue weighted by Gasteiger charge is -2.20. The number of aliphatic carboxylic acids is 1. The summed E-state index contributed by atoms with van der Waals surface area (Å²) in [6, 6.07) is 12.6. The number of rotatable bonds is 7.